The van der Waals surface area contributed by atoms with Crippen LogP contribution < -0.4 is 5.32 Å². The Morgan fingerprint density at radius 1 is 1.31 bits per heavy atom. The molecule has 1 unspecified atom stereocenters. The molecule has 13 heavy (non-hydrogen) atoms. The van der Waals surface area contributed by atoms with E-state index in [1.807, 2.05) is 0 Å². The van der Waals surface area contributed by atoms with Gasteiger partial charge in [0.1, 0.15) is 5.75 Å². The third-order valence-electron chi connectivity index (χ3n) is 2.85. The predicted molar refractivity (Wildman–Crippen MR) is 47.9 cm³/mol. The predicted octanol–water partition coefficient (Wildman–Crippen LogP) is -0.300. The lowest BCUT2D eigenvalue weighted by Crippen LogP contribution is -2.53. The zero-order valence-electron chi connectivity index (χ0n) is 7.32. The smallest absolute Gasteiger partial charge is 0.235 e. The molecule has 2 aliphatic rings. The summed E-state index contributed by atoms with van der Waals surface area (Å²) >= 11 is 0. The van der Waals surface area contributed by atoms with Crippen LogP contribution in [0.4, 0.5) is 0 Å². The summed E-state index contributed by atoms with van der Waals surface area (Å²) in [5.74, 6) is -0.109. The van der Waals surface area contributed by atoms with E-state index in [0.29, 0.717) is 5.92 Å². The van der Waals surface area contributed by atoms with E-state index < -0.39 is 9.84 Å². The molecule has 1 saturated carbocycles. The van der Waals surface area contributed by atoms with Gasteiger partial charge in [0.05, 0.1) is 5.75 Å². The Kier molecular flexibility index (Phi) is 2.06. The molecule has 1 heterocycles. The Morgan fingerprint density at radius 3 is 2.46 bits per heavy atom. The quantitative estimate of drug-likeness (QED) is 0.636. The van der Waals surface area contributed by atoms with Crippen molar-refractivity contribution in [2.45, 2.75) is 25.3 Å². The van der Waals surface area contributed by atoms with Crippen LogP contribution >= 0.6 is 0 Å². The summed E-state index contributed by atoms with van der Waals surface area (Å²) in [6.45, 7) is 0. The van der Waals surface area contributed by atoms with E-state index in [1.165, 1.54) is 0 Å². The number of sulfone groups is 1. The van der Waals surface area contributed by atoms with Crippen LogP contribution in [-0.2, 0) is 14.6 Å². The molecule has 1 atom stereocenters. The fourth-order valence-corrected chi connectivity index (χ4v) is 3.42. The molecule has 0 bridgehead atoms. The van der Waals surface area contributed by atoms with Gasteiger partial charge in [-0.05, 0) is 18.8 Å². The summed E-state index contributed by atoms with van der Waals surface area (Å²) in [5, 5.41) is 2.76. The molecule has 0 aromatic heterocycles. The zero-order valence-corrected chi connectivity index (χ0v) is 8.14. The van der Waals surface area contributed by atoms with Crippen molar-refractivity contribution in [1.82, 2.24) is 5.32 Å². The van der Waals surface area contributed by atoms with Crippen LogP contribution in [0.25, 0.3) is 0 Å². The van der Waals surface area contributed by atoms with Gasteiger partial charge in [-0.2, -0.15) is 0 Å². The van der Waals surface area contributed by atoms with Crippen molar-refractivity contribution in [2.75, 3.05) is 11.5 Å². The van der Waals surface area contributed by atoms with Gasteiger partial charge < -0.3 is 5.32 Å². The van der Waals surface area contributed by atoms with Gasteiger partial charge >= 0.3 is 0 Å². The van der Waals surface area contributed by atoms with Gasteiger partial charge in [-0.15, -0.1) is 0 Å². The Morgan fingerprint density at radius 2 is 2.00 bits per heavy atom. The molecule has 4 nitrogen and oxygen atoms in total. The lowest BCUT2D eigenvalue weighted by atomic mass is 9.80. The number of hydrogen-bond acceptors (Lipinski definition) is 3. The van der Waals surface area contributed by atoms with E-state index in [9.17, 15) is 13.2 Å². The first-order valence-corrected chi connectivity index (χ1v) is 6.39. The van der Waals surface area contributed by atoms with Gasteiger partial charge in [-0.1, -0.05) is 6.42 Å². The average molecular weight is 203 g/mol. The van der Waals surface area contributed by atoms with E-state index in [-0.39, 0.29) is 23.5 Å². The van der Waals surface area contributed by atoms with Crippen LogP contribution in [0.15, 0.2) is 0 Å². The molecule has 1 amide bonds. The molecule has 0 aromatic carbocycles. The number of carbonyl (C=O) groups is 1. The summed E-state index contributed by atoms with van der Waals surface area (Å²) in [4.78, 5) is 11.0. The van der Waals surface area contributed by atoms with Crippen LogP contribution in [0.3, 0.4) is 0 Å². The van der Waals surface area contributed by atoms with E-state index in [1.54, 1.807) is 0 Å². The van der Waals surface area contributed by atoms with E-state index in [0.717, 1.165) is 19.3 Å². The van der Waals surface area contributed by atoms with Crippen molar-refractivity contribution in [3.05, 3.63) is 0 Å². The van der Waals surface area contributed by atoms with E-state index in [2.05, 4.69) is 5.32 Å². The van der Waals surface area contributed by atoms with Crippen molar-refractivity contribution in [2.24, 2.45) is 5.92 Å². The lowest BCUT2D eigenvalue weighted by Gasteiger charge is -2.36. The molecule has 1 aliphatic heterocycles. The van der Waals surface area contributed by atoms with Gasteiger partial charge in [0.15, 0.2) is 9.84 Å². The minimum Gasteiger partial charge on any atom is -0.351 e. The highest BCUT2D eigenvalue weighted by Gasteiger charge is 2.36. The number of hydrogen-bond donors (Lipinski definition) is 1. The Hall–Kier alpha value is -0.580. The average Bonchev–Trinajstić information content (AvgIpc) is 1.75. The first-order chi connectivity index (χ1) is 6.07. The first-order valence-electron chi connectivity index (χ1n) is 4.57. The highest BCUT2D eigenvalue weighted by atomic mass is 32.2. The van der Waals surface area contributed by atoms with Gasteiger partial charge in [0.25, 0.3) is 0 Å². The normalized spacial score (nSPS) is 33.5. The summed E-state index contributed by atoms with van der Waals surface area (Å²) in [6.07, 6.45) is 3.28. The minimum atomic E-state index is -3.11. The van der Waals surface area contributed by atoms with Crippen molar-refractivity contribution in [1.29, 1.82) is 0 Å². The maximum absolute atomic E-state index is 11.3. The molecular formula is C8H13NO3S. The number of nitrogens with one attached hydrogen (secondary N) is 1. The number of amides is 1. The molecule has 2 fully saturated rings. The van der Waals surface area contributed by atoms with Crippen molar-refractivity contribution in [3.63, 3.8) is 0 Å². The maximum Gasteiger partial charge on any atom is 0.235 e. The topological polar surface area (TPSA) is 63.2 Å². The Labute approximate surface area is 77.6 Å². The van der Waals surface area contributed by atoms with Gasteiger partial charge in [0, 0.05) is 6.04 Å². The van der Waals surface area contributed by atoms with Crippen LogP contribution in [0.5, 0.6) is 0 Å². The largest absolute Gasteiger partial charge is 0.351 e. The number of rotatable bonds is 1. The molecule has 1 saturated heterocycles. The van der Waals surface area contributed by atoms with E-state index >= 15 is 0 Å². The highest BCUT2D eigenvalue weighted by molar-refractivity contribution is 7.92. The number of carbonyl (C=O) groups excluding carboxylic acids is 1. The molecule has 1 N–H and O–H groups in total. The summed E-state index contributed by atoms with van der Waals surface area (Å²) in [7, 11) is -3.11. The van der Waals surface area contributed by atoms with Gasteiger partial charge in [0.2, 0.25) is 5.91 Å². The van der Waals surface area contributed by atoms with Crippen molar-refractivity contribution in [3.8, 4) is 0 Å². The van der Waals surface area contributed by atoms with Crippen LogP contribution in [-0.4, -0.2) is 31.9 Å². The molecule has 1 aliphatic carbocycles. The molecule has 2 rings (SSSR count). The Bertz CT molecular complexity index is 318. The molecule has 0 radical (unpaired) electrons. The third kappa shape index (κ3) is 1.85. The zero-order chi connectivity index (χ0) is 9.47. The summed E-state index contributed by atoms with van der Waals surface area (Å²) in [6, 6.07) is -0.111. The standard InChI is InChI=1S/C8H13NO3S/c10-8-5-13(11,12)4-7(9-8)6-2-1-3-6/h6-7H,1-5H2,(H,9,10). The highest BCUT2D eigenvalue weighted by Crippen LogP contribution is 2.31. The first kappa shape index (κ1) is 8.99. The lowest BCUT2D eigenvalue weighted by molar-refractivity contribution is -0.120. The van der Waals surface area contributed by atoms with Gasteiger partial charge in [-0.25, -0.2) is 8.42 Å². The molecule has 0 spiro atoms. The SMILES string of the molecule is O=C1CS(=O)(=O)CC(C2CCC2)N1. The van der Waals surface area contributed by atoms with Crippen LogP contribution in [0.1, 0.15) is 19.3 Å². The second-order valence-electron chi connectivity index (χ2n) is 3.92. The van der Waals surface area contributed by atoms with Crippen molar-refractivity contribution >= 4 is 15.7 Å². The fraction of sp³-hybridized carbons (Fsp3) is 0.875. The summed E-state index contributed by atoms with van der Waals surface area (Å²) < 4.78 is 22.5. The third-order valence-corrected chi connectivity index (χ3v) is 4.42. The molecule has 5 heteroatoms. The molecular weight excluding hydrogens is 190 g/mol. The second-order valence-corrected chi connectivity index (χ2v) is 6.03. The van der Waals surface area contributed by atoms with Crippen LogP contribution in [0.2, 0.25) is 0 Å². The monoisotopic (exact) mass is 203 g/mol. The molecule has 0 aromatic rings. The van der Waals surface area contributed by atoms with Crippen LogP contribution in [0, 0.1) is 5.92 Å². The van der Waals surface area contributed by atoms with Crippen molar-refractivity contribution < 1.29 is 13.2 Å². The van der Waals surface area contributed by atoms with Gasteiger partial charge in [-0.3, -0.25) is 4.79 Å². The second kappa shape index (κ2) is 2.97. The summed E-state index contributed by atoms with van der Waals surface area (Å²) in [5.41, 5.74) is 0. The Balaban J connectivity index is 2.08. The fourth-order valence-electron chi connectivity index (χ4n) is 1.92. The maximum atomic E-state index is 11.3. The molecule has 74 valence electrons. The minimum absolute atomic E-state index is 0.111. The van der Waals surface area contributed by atoms with E-state index in [4.69, 9.17) is 0 Å².